The topological polar surface area (TPSA) is 0 Å². The van der Waals surface area contributed by atoms with Gasteiger partial charge in [0.2, 0.25) is 0 Å². The molecule has 2 heteroatoms. The van der Waals surface area contributed by atoms with E-state index < -0.39 is 0 Å². The fourth-order valence-corrected chi connectivity index (χ4v) is 2.81. The molecule has 0 amide bonds. The first kappa shape index (κ1) is 21.7. The van der Waals surface area contributed by atoms with Gasteiger partial charge in [-0.25, -0.2) is 0 Å². The Morgan fingerprint density at radius 2 is 0.636 bits per heavy atom. The van der Waals surface area contributed by atoms with Gasteiger partial charge in [0, 0.05) is 0 Å². The van der Waals surface area contributed by atoms with Crippen LogP contribution in [-0.4, -0.2) is 0 Å². The Kier molecular flexibility index (Phi) is 8.99. The van der Waals surface area contributed by atoms with Gasteiger partial charge >= 0.3 is 28.7 Å². The van der Waals surface area contributed by atoms with Crippen molar-refractivity contribution in [3.8, 4) is 0 Å². The van der Waals surface area contributed by atoms with Crippen molar-refractivity contribution in [3.63, 3.8) is 0 Å². The zero-order valence-corrected chi connectivity index (χ0v) is 18.5. The molecule has 0 spiro atoms. The Hall–Kier alpha value is -0.296. The number of hydrogen-bond acceptors (Lipinski definition) is 0. The second-order valence-electron chi connectivity index (χ2n) is 6.25. The molecular weight excluding hydrogens is 324 g/mol. The zero-order chi connectivity index (χ0) is 17.8. The van der Waals surface area contributed by atoms with Crippen molar-refractivity contribution >= 4 is 9.30 Å². The van der Waals surface area contributed by atoms with Crippen molar-refractivity contribution in [2.45, 2.75) is 69.2 Å². The summed E-state index contributed by atoms with van der Waals surface area (Å²) < 4.78 is 0. The van der Waals surface area contributed by atoms with E-state index in [-0.39, 0.29) is 0 Å². The average Bonchev–Trinajstić information content (AvgIpc) is 2.81. The van der Waals surface area contributed by atoms with E-state index in [1.807, 2.05) is 0 Å². The van der Waals surface area contributed by atoms with E-state index in [0.29, 0.717) is 0 Å². The Morgan fingerprint density at radius 3 is 0.682 bits per heavy atom. The van der Waals surface area contributed by atoms with Crippen LogP contribution in [0.15, 0.2) is 0 Å². The molecule has 0 radical (unpaired) electrons. The van der Waals surface area contributed by atoms with Crippen LogP contribution in [0, 0.1) is 69.2 Å². The molecule has 0 atom stereocenters. The van der Waals surface area contributed by atoms with E-state index in [4.69, 9.17) is 9.30 Å². The minimum absolute atomic E-state index is 1.16. The monoisotopic (exact) mass is 354 g/mol. The van der Waals surface area contributed by atoms with E-state index in [1.54, 1.807) is 0 Å². The SMILES string of the molecule is Cc1c(C)c(C)[c-](C)c1C.Cc1c(C)c(C)[c-](C)c1C.[Cl][TiH]. The van der Waals surface area contributed by atoms with Gasteiger partial charge in [-0.15, -0.1) is 0 Å². The summed E-state index contributed by atoms with van der Waals surface area (Å²) in [7, 11) is 4.70. The van der Waals surface area contributed by atoms with Crippen LogP contribution in [0.3, 0.4) is 0 Å². The van der Waals surface area contributed by atoms with Crippen LogP contribution in [0.1, 0.15) is 55.6 Å². The molecule has 0 unspecified atom stereocenters. The van der Waals surface area contributed by atoms with Gasteiger partial charge in [0.15, 0.2) is 0 Å². The summed E-state index contributed by atoms with van der Waals surface area (Å²) >= 11 is 1.16. The average molecular weight is 355 g/mol. The number of rotatable bonds is 0. The van der Waals surface area contributed by atoms with Crippen LogP contribution in [0.25, 0.3) is 0 Å². The molecule has 2 aromatic rings. The third-order valence-electron chi connectivity index (χ3n) is 5.62. The van der Waals surface area contributed by atoms with E-state index in [2.05, 4.69) is 69.2 Å². The first-order chi connectivity index (χ1) is 10.1. The van der Waals surface area contributed by atoms with Crippen molar-refractivity contribution in [2.75, 3.05) is 0 Å². The molecule has 0 nitrogen and oxygen atoms in total. The molecule has 0 saturated heterocycles. The summed E-state index contributed by atoms with van der Waals surface area (Å²) in [4.78, 5) is 0. The predicted molar refractivity (Wildman–Crippen MR) is 98.7 cm³/mol. The molecule has 0 aromatic heterocycles. The molecule has 0 aliphatic rings. The van der Waals surface area contributed by atoms with Crippen LogP contribution >= 0.6 is 9.30 Å². The second-order valence-corrected chi connectivity index (χ2v) is 6.25. The van der Waals surface area contributed by atoms with Crippen molar-refractivity contribution in [1.82, 2.24) is 0 Å². The molecule has 0 fully saturated rings. The van der Waals surface area contributed by atoms with Gasteiger partial charge in [-0.05, 0) is 0 Å². The fraction of sp³-hybridized carbons (Fsp3) is 0.500. The normalized spacial score (nSPS) is 9.77. The van der Waals surface area contributed by atoms with E-state index in [0.717, 1.165) is 19.4 Å². The summed E-state index contributed by atoms with van der Waals surface area (Å²) in [6.45, 7) is 22.0. The van der Waals surface area contributed by atoms with E-state index in [1.165, 1.54) is 55.6 Å². The van der Waals surface area contributed by atoms with E-state index in [9.17, 15) is 0 Å². The quantitative estimate of drug-likeness (QED) is 0.384. The van der Waals surface area contributed by atoms with Crippen LogP contribution in [0.4, 0.5) is 0 Å². The zero-order valence-electron chi connectivity index (χ0n) is 16.0. The molecule has 0 aliphatic heterocycles. The first-order valence-corrected chi connectivity index (χ1v) is 10.2. The van der Waals surface area contributed by atoms with E-state index >= 15 is 0 Å². The number of halogens is 1. The number of hydrogen-bond donors (Lipinski definition) is 0. The van der Waals surface area contributed by atoms with Crippen molar-refractivity contribution in [2.24, 2.45) is 0 Å². The fourth-order valence-electron chi connectivity index (χ4n) is 2.81. The Bertz CT molecular complexity index is 410. The first-order valence-electron chi connectivity index (χ1n) is 7.72. The molecular formula is C20H31ClTi-2. The third-order valence-corrected chi connectivity index (χ3v) is 5.62. The second kappa shape index (κ2) is 9.11. The van der Waals surface area contributed by atoms with Crippen molar-refractivity contribution < 1.29 is 19.4 Å². The van der Waals surface area contributed by atoms with Gasteiger partial charge in [0.05, 0.1) is 0 Å². The molecule has 0 N–H and O–H groups in total. The molecule has 22 heavy (non-hydrogen) atoms. The van der Waals surface area contributed by atoms with Gasteiger partial charge < -0.3 is 0 Å². The Morgan fingerprint density at radius 1 is 0.500 bits per heavy atom. The summed E-state index contributed by atoms with van der Waals surface area (Å²) in [6, 6.07) is 0. The van der Waals surface area contributed by atoms with Crippen LogP contribution in [0.5, 0.6) is 0 Å². The van der Waals surface area contributed by atoms with Crippen molar-refractivity contribution in [1.29, 1.82) is 0 Å². The maximum absolute atomic E-state index is 4.70. The third kappa shape index (κ3) is 4.37. The minimum atomic E-state index is 1.16. The molecule has 2 rings (SSSR count). The van der Waals surface area contributed by atoms with Crippen LogP contribution in [-0.2, 0) is 19.4 Å². The van der Waals surface area contributed by atoms with Gasteiger partial charge in [-0.3, -0.25) is 0 Å². The summed E-state index contributed by atoms with van der Waals surface area (Å²) in [6.07, 6.45) is 0. The molecule has 124 valence electrons. The summed E-state index contributed by atoms with van der Waals surface area (Å²) in [5.41, 5.74) is 14.7. The van der Waals surface area contributed by atoms with Crippen molar-refractivity contribution in [3.05, 3.63) is 55.6 Å². The predicted octanol–water partition coefficient (Wildman–Crippen LogP) is 6.31. The summed E-state index contributed by atoms with van der Waals surface area (Å²) in [5, 5.41) is 0. The van der Waals surface area contributed by atoms with Crippen LogP contribution in [0.2, 0.25) is 0 Å². The molecule has 0 saturated carbocycles. The Labute approximate surface area is 153 Å². The molecule has 0 bridgehead atoms. The molecule has 0 aliphatic carbocycles. The van der Waals surface area contributed by atoms with Crippen LogP contribution < -0.4 is 0 Å². The summed E-state index contributed by atoms with van der Waals surface area (Å²) in [5.74, 6) is 0. The van der Waals surface area contributed by atoms with Gasteiger partial charge in [0.1, 0.15) is 0 Å². The van der Waals surface area contributed by atoms with Gasteiger partial charge in [-0.1, -0.05) is 69.2 Å². The van der Waals surface area contributed by atoms with Gasteiger partial charge in [-0.2, -0.15) is 55.6 Å². The standard InChI is InChI=1S/2C10H15.ClH.Ti.H/c2*1-6-7(2)9(4)10(5)8(6)3;;;/h2*1-5H3;1H;;/q2*-1;;+1;/p-1. The Balaban J connectivity index is 0.000000360. The maximum atomic E-state index is 4.70. The van der Waals surface area contributed by atoms with Gasteiger partial charge in [0.25, 0.3) is 0 Å². The molecule has 0 heterocycles. The molecule has 2 aromatic carbocycles.